The van der Waals surface area contributed by atoms with Gasteiger partial charge in [0.25, 0.3) is 0 Å². The van der Waals surface area contributed by atoms with Gasteiger partial charge in [0.2, 0.25) is 0 Å². The van der Waals surface area contributed by atoms with Gasteiger partial charge in [-0.05, 0) is 19.3 Å². The Morgan fingerprint density at radius 2 is 2.00 bits per heavy atom. The molecule has 1 atom stereocenters. The molecule has 0 aromatic heterocycles. The monoisotopic (exact) mass is 196 g/mol. The molecule has 3 heteroatoms. The van der Waals surface area contributed by atoms with Crippen LogP contribution >= 0.6 is 0 Å². The van der Waals surface area contributed by atoms with Crippen LogP contribution in [0.1, 0.15) is 27.2 Å². The fourth-order valence-corrected chi connectivity index (χ4v) is 2.10. The Hall–Kier alpha value is -0.590. The first kappa shape index (κ1) is 11.5. The van der Waals surface area contributed by atoms with Crippen LogP contribution in [0.3, 0.4) is 0 Å². The van der Waals surface area contributed by atoms with Gasteiger partial charge in [-0.15, -0.1) is 0 Å². The molecule has 0 bridgehead atoms. The molecule has 1 rings (SSSR count). The molecule has 80 valence electrons. The highest BCUT2D eigenvalue weighted by Crippen LogP contribution is 2.24. The van der Waals surface area contributed by atoms with E-state index < -0.39 is 0 Å². The summed E-state index contributed by atoms with van der Waals surface area (Å²) in [5.74, 6) is 0.558. The summed E-state index contributed by atoms with van der Waals surface area (Å²) in [7, 11) is 0. The van der Waals surface area contributed by atoms with Crippen molar-refractivity contribution in [3.8, 4) is 6.07 Å². The van der Waals surface area contributed by atoms with E-state index in [1.54, 1.807) is 0 Å². The van der Waals surface area contributed by atoms with Crippen molar-refractivity contribution in [3.05, 3.63) is 0 Å². The van der Waals surface area contributed by atoms with E-state index in [1.807, 2.05) is 6.92 Å². The number of nitrogens with zero attached hydrogens (tertiary/aromatic N) is 2. The van der Waals surface area contributed by atoms with Crippen molar-refractivity contribution >= 4 is 0 Å². The second-order valence-electron chi connectivity index (χ2n) is 4.58. The number of morpholine rings is 1. The van der Waals surface area contributed by atoms with Crippen LogP contribution in [-0.2, 0) is 4.74 Å². The first-order valence-corrected chi connectivity index (χ1v) is 5.32. The molecule has 1 heterocycles. The van der Waals surface area contributed by atoms with Gasteiger partial charge in [0.05, 0.1) is 19.3 Å². The maximum absolute atomic E-state index is 9.25. The maximum Gasteiger partial charge on any atom is 0.106 e. The van der Waals surface area contributed by atoms with E-state index in [-0.39, 0.29) is 5.54 Å². The Morgan fingerprint density at radius 1 is 1.43 bits per heavy atom. The van der Waals surface area contributed by atoms with Gasteiger partial charge in [0.15, 0.2) is 0 Å². The van der Waals surface area contributed by atoms with Crippen LogP contribution in [0.5, 0.6) is 0 Å². The fourth-order valence-electron chi connectivity index (χ4n) is 2.10. The van der Waals surface area contributed by atoms with E-state index in [9.17, 15) is 5.26 Å². The summed E-state index contributed by atoms with van der Waals surface area (Å²) in [6, 6.07) is 2.45. The lowest BCUT2D eigenvalue weighted by Gasteiger charge is -2.39. The van der Waals surface area contributed by atoms with Gasteiger partial charge in [-0.3, -0.25) is 4.90 Å². The number of rotatable bonds is 3. The first-order valence-electron chi connectivity index (χ1n) is 5.32. The normalized spacial score (nSPS) is 23.1. The van der Waals surface area contributed by atoms with E-state index in [0.29, 0.717) is 5.92 Å². The largest absolute Gasteiger partial charge is 0.379 e. The second kappa shape index (κ2) is 4.77. The lowest BCUT2D eigenvalue weighted by atomic mass is 9.90. The predicted octanol–water partition coefficient (Wildman–Crippen LogP) is 1.65. The van der Waals surface area contributed by atoms with Crippen molar-refractivity contribution in [1.82, 2.24) is 4.90 Å². The molecule has 1 saturated heterocycles. The lowest BCUT2D eigenvalue weighted by molar-refractivity contribution is -0.00383. The second-order valence-corrected chi connectivity index (χ2v) is 4.58. The third-order valence-electron chi connectivity index (χ3n) is 2.76. The van der Waals surface area contributed by atoms with Gasteiger partial charge < -0.3 is 4.74 Å². The summed E-state index contributed by atoms with van der Waals surface area (Å²) in [5.41, 5.74) is -0.308. The molecule has 1 aliphatic rings. The van der Waals surface area contributed by atoms with E-state index in [4.69, 9.17) is 4.74 Å². The highest BCUT2D eigenvalue weighted by atomic mass is 16.5. The summed E-state index contributed by atoms with van der Waals surface area (Å²) in [6.07, 6.45) is 0.934. The third-order valence-corrected chi connectivity index (χ3v) is 2.76. The summed E-state index contributed by atoms with van der Waals surface area (Å²) in [6.45, 7) is 9.66. The van der Waals surface area contributed by atoms with Crippen LogP contribution in [-0.4, -0.2) is 36.7 Å². The molecule has 0 aliphatic carbocycles. The Labute approximate surface area is 86.6 Å². The average Bonchev–Trinajstić information content (AvgIpc) is 2.18. The summed E-state index contributed by atoms with van der Waals surface area (Å²) in [5, 5.41) is 9.25. The van der Waals surface area contributed by atoms with Crippen LogP contribution in [0.2, 0.25) is 0 Å². The zero-order chi connectivity index (χ0) is 10.6. The minimum absolute atomic E-state index is 0.308. The molecule has 0 aromatic rings. The third kappa shape index (κ3) is 2.70. The zero-order valence-electron chi connectivity index (χ0n) is 9.42. The average molecular weight is 196 g/mol. The van der Waals surface area contributed by atoms with Gasteiger partial charge in [0.1, 0.15) is 5.54 Å². The van der Waals surface area contributed by atoms with Crippen molar-refractivity contribution in [2.24, 2.45) is 5.92 Å². The van der Waals surface area contributed by atoms with Gasteiger partial charge in [-0.2, -0.15) is 5.26 Å². The van der Waals surface area contributed by atoms with Crippen molar-refractivity contribution in [1.29, 1.82) is 5.26 Å². The molecule has 3 nitrogen and oxygen atoms in total. The molecule has 1 fully saturated rings. The van der Waals surface area contributed by atoms with Gasteiger partial charge in [0, 0.05) is 13.1 Å². The van der Waals surface area contributed by atoms with Crippen molar-refractivity contribution in [2.45, 2.75) is 32.7 Å². The zero-order valence-corrected chi connectivity index (χ0v) is 9.42. The van der Waals surface area contributed by atoms with E-state index in [2.05, 4.69) is 24.8 Å². The van der Waals surface area contributed by atoms with Crippen molar-refractivity contribution in [2.75, 3.05) is 26.3 Å². The molecule has 1 aliphatic heterocycles. The topological polar surface area (TPSA) is 36.3 Å². The molecular formula is C11H20N2O. The number of ether oxygens (including phenoxy) is 1. The lowest BCUT2D eigenvalue weighted by Crippen LogP contribution is -2.51. The first-order chi connectivity index (χ1) is 6.58. The SMILES string of the molecule is CC(C)C[C@@](C)(C#N)N1CCOCC1. The smallest absolute Gasteiger partial charge is 0.106 e. The minimum atomic E-state index is -0.308. The number of nitriles is 1. The van der Waals surface area contributed by atoms with E-state index in [0.717, 1.165) is 32.7 Å². The summed E-state index contributed by atoms with van der Waals surface area (Å²) < 4.78 is 5.29. The molecule has 0 aromatic carbocycles. The summed E-state index contributed by atoms with van der Waals surface area (Å²) in [4.78, 5) is 2.25. The molecular weight excluding hydrogens is 176 g/mol. The standard InChI is InChI=1S/C11H20N2O/c1-10(2)8-11(3,9-12)13-4-6-14-7-5-13/h10H,4-8H2,1-3H3/t11-/m0/s1. The highest BCUT2D eigenvalue weighted by Gasteiger charge is 2.33. The van der Waals surface area contributed by atoms with Crippen LogP contribution in [0, 0.1) is 17.2 Å². The molecule has 0 saturated carbocycles. The minimum Gasteiger partial charge on any atom is -0.379 e. The van der Waals surface area contributed by atoms with E-state index >= 15 is 0 Å². The molecule has 0 spiro atoms. The number of hydrogen-bond donors (Lipinski definition) is 0. The Bertz CT molecular complexity index is 216. The summed E-state index contributed by atoms with van der Waals surface area (Å²) >= 11 is 0. The maximum atomic E-state index is 9.25. The molecule has 0 N–H and O–H groups in total. The Balaban J connectivity index is 2.62. The number of hydrogen-bond acceptors (Lipinski definition) is 3. The molecule has 14 heavy (non-hydrogen) atoms. The quantitative estimate of drug-likeness (QED) is 0.688. The predicted molar refractivity (Wildman–Crippen MR) is 55.9 cm³/mol. The van der Waals surface area contributed by atoms with Gasteiger partial charge in [-0.1, -0.05) is 13.8 Å². The van der Waals surface area contributed by atoms with Crippen LogP contribution in [0.15, 0.2) is 0 Å². The Kier molecular flexibility index (Phi) is 3.91. The Morgan fingerprint density at radius 3 is 2.43 bits per heavy atom. The van der Waals surface area contributed by atoms with Crippen LogP contribution < -0.4 is 0 Å². The fraction of sp³-hybridized carbons (Fsp3) is 0.909. The molecule has 0 amide bonds. The molecule has 0 unspecified atom stereocenters. The van der Waals surface area contributed by atoms with Crippen LogP contribution in [0.25, 0.3) is 0 Å². The van der Waals surface area contributed by atoms with Gasteiger partial charge >= 0.3 is 0 Å². The molecule has 0 radical (unpaired) electrons. The highest BCUT2D eigenvalue weighted by molar-refractivity contribution is 5.06. The van der Waals surface area contributed by atoms with Crippen LogP contribution in [0.4, 0.5) is 0 Å². The van der Waals surface area contributed by atoms with E-state index in [1.165, 1.54) is 0 Å². The van der Waals surface area contributed by atoms with Crippen molar-refractivity contribution < 1.29 is 4.74 Å². The van der Waals surface area contributed by atoms with Gasteiger partial charge in [-0.25, -0.2) is 0 Å². The van der Waals surface area contributed by atoms with Crippen molar-refractivity contribution in [3.63, 3.8) is 0 Å².